The van der Waals surface area contributed by atoms with Gasteiger partial charge in [-0.2, -0.15) is 0 Å². The van der Waals surface area contributed by atoms with Gasteiger partial charge in [0.2, 0.25) is 0 Å². The number of hydrogen-bond acceptors (Lipinski definition) is 4. The van der Waals surface area contributed by atoms with Crippen molar-refractivity contribution < 1.29 is 9.85 Å². The largest absolute Gasteiger partial charge is 0.279 e. The van der Waals surface area contributed by atoms with Crippen LogP contribution in [0.3, 0.4) is 0 Å². The summed E-state index contributed by atoms with van der Waals surface area (Å²) in [6.07, 6.45) is 0.664. The van der Waals surface area contributed by atoms with Gasteiger partial charge in [0.05, 0.1) is 0 Å². The first kappa shape index (κ1) is 8.89. The van der Waals surface area contributed by atoms with Gasteiger partial charge in [-0.15, -0.1) is 0 Å². The molecule has 68 valence electrons. The van der Waals surface area contributed by atoms with Crippen molar-refractivity contribution in [3.05, 3.63) is 20.2 Å². The molecule has 0 aromatic carbocycles. The van der Waals surface area contributed by atoms with Gasteiger partial charge in [0.1, 0.15) is 0 Å². The molecule has 1 saturated carbocycles. The van der Waals surface area contributed by atoms with Crippen molar-refractivity contribution in [2.75, 3.05) is 0 Å². The van der Waals surface area contributed by atoms with Crippen molar-refractivity contribution in [3.63, 3.8) is 0 Å². The molecular formula is C6H10N2O4. The molecule has 0 aliphatic heterocycles. The van der Waals surface area contributed by atoms with E-state index in [0.29, 0.717) is 12.8 Å². The molecule has 0 spiro atoms. The summed E-state index contributed by atoms with van der Waals surface area (Å²) < 4.78 is 0. The van der Waals surface area contributed by atoms with Crippen molar-refractivity contribution in [1.82, 2.24) is 0 Å². The zero-order valence-electron chi connectivity index (χ0n) is 6.67. The number of hydrogen-bond donors (Lipinski definition) is 0. The first-order valence-electron chi connectivity index (χ1n) is 3.79. The Kier molecular flexibility index (Phi) is 2.25. The molecule has 0 bridgehead atoms. The van der Waals surface area contributed by atoms with Crippen LogP contribution in [-0.2, 0) is 0 Å². The van der Waals surface area contributed by atoms with Crippen LogP contribution in [-0.4, -0.2) is 21.9 Å². The van der Waals surface area contributed by atoms with Gasteiger partial charge in [-0.1, -0.05) is 6.92 Å². The topological polar surface area (TPSA) is 86.3 Å². The highest BCUT2D eigenvalue weighted by Crippen LogP contribution is 2.28. The van der Waals surface area contributed by atoms with Crippen molar-refractivity contribution in [1.29, 1.82) is 0 Å². The molecule has 1 rings (SSSR count). The Morgan fingerprint density at radius 3 is 1.67 bits per heavy atom. The summed E-state index contributed by atoms with van der Waals surface area (Å²) in [4.78, 5) is 19.7. The summed E-state index contributed by atoms with van der Waals surface area (Å²) in [5.74, 6) is 0.0933. The Morgan fingerprint density at radius 1 is 1.08 bits per heavy atom. The highest BCUT2D eigenvalue weighted by molar-refractivity contribution is 4.81. The van der Waals surface area contributed by atoms with Gasteiger partial charge in [0, 0.05) is 22.7 Å². The smallest absolute Gasteiger partial charge is 0.264 e. The van der Waals surface area contributed by atoms with Crippen LogP contribution < -0.4 is 0 Å². The molecule has 6 nitrogen and oxygen atoms in total. The van der Waals surface area contributed by atoms with E-state index in [4.69, 9.17) is 0 Å². The van der Waals surface area contributed by atoms with Crippen molar-refractivity contribution in [2.24, 2.45) is 5.92 Å². The van der Waals surface area contributed by atoms with Crippen LogP contribution in [0.5, 0.6) is 0 Å². The lowest BCUT2D eigenvalue weighted by atomic mass is 10.1. The average molecular weight is 174 g/mol. The molecular weight excluding hydrogens is 164 g/mol. The van der Waals surface area contributed by atoms with Gasteiger partial charge >= 0.3 is 0 Å². The molecule has 0 aromatic rings. The molecule has 0 saturated heterocycles. The fraction of sp³-hybridized carbons (Fsp3) is 1.00. The van der Waals surface area contributed by atoms with Gasteiger partial charge < -0.3 is 0 Å². The predicted octanol–water partition coefficient (Wildman–Crippen LogP) is 0.707. The Hall–Kier alpha value is -1.20. The fourth-order valence-corrected chi connectivity index (χ4v) is 1.69. The molecule has 6 heteroatoms. The van der Waals surface area contributed by atoms with E-state index in [-0.39, 0.29) is 5.92 Å². The zero-order valence-corrected chi connectivity index (χ0v) is 6.67. The van der Waals surface area contributed by atoms with Gasteiger partial charge in [0.25, 0.3) is 12.1 Å². The maximum absolute atomic E-state index is 10.4. The second-order valence-electron chi connectivity index (χ2n) is 3.28. The monoisotopic (exact) mass is 174 g/mol. The molecule has 0 radical (unpaired) electrons. The first-order chi connectivity index (χ1) is 5.52. The van der Waals surface area contributed by atoms with Crippen molar-refractivity contribution >= 4 is 0 Å². The Labute approximate surface area is 68.9 Å². The van der Waals surface area contributed by atoms with E-state index in [2.05, 4.69) is 0 Å². The number of nitrogens with zero attached hydrogens (tertiary/aromatic N) is 2. The predicted molar refractivity (Wildman–Crippen MR) is 40.0 cm³/mol. The van der Waals surface area contributed by atoms with E-state index in [1.54, 1.807) is 6.92 Å². The van der Waals surface area contributed by atoms with E-state index in [1.165, 1.54) is 0 Å². The molecule has 0 N–H and O–H groups in total. The van der Waals surface area contributed by atoms with E-state index in [1.807, 2.05) is 0 Å². The van der Waals surface area contributed by atoms with Crippen LogP contribution >= 0.6 is 0 Å². The summed E-state index contributed by atoms with van der Waals surface area (Å²) in [6.45, 7) is 1.81. The summed E-state index contributed by atoms with van der Waals surface area (Å²) in [5.41, 5.74) is 0. The van der Waals surface area contributed by atoms with E-state index in [0.717, 1.165) is 0 Å². The molecule has 1 fully saturated rings. The van der Waals surface area contributed by atoms with Crippen LogP contribution in [0.15, 0.2) is 0 Å². The summed E-state index contributed by atoms with van der Waals surface area (Å²) in [5, 5.41) is 20.7. The number of nitro groups is 2. The van der Waals surface area contributed by atoms with Gasteiger partial charge in [-0.3, -0.25) is 20.2 Å². The van der Waals surface area contributed by atoms with Crippen LogP contribution in [0.1, 0.15) is 19.8 Å². The Morgan fingerprint density at radius 2 is 1.42 bits per heavy atom. The maximum atomic E-state index is 10.4. The van der Waals surface area contributed by atoms with Crippen LogP contribution in [0, 0.1) is 26.1 Å². The van der Waals surface area contributed by atoms with Crippen LogP contribution in [0.4, 0.5) is 0 Å². The minimum atomic E-state index is -0.977. The molecule has 12 heavy (non-hydrogen) atoms. The van der Waals surface area contributed by atoms with Gasteiger partial charge in [-0.05, 0) is 5.92 Å². The van der Waals surface area contributed by atoms with Crippen molar-refractivity contribution in [2.45, 2.75) is 31.8 Å². The molecule has 2 atom stereocenters. The van der Waals surface area contributed by atoms with Gasteiger partial charge in [-0.25, -0.2) is 0 Å². The quantitative estimate of drug-likeness (QED) is 0.455. The van der Waals surface area contributed by atoms with Crippen LogP contribution in [0.2, 0.25) is 0 Å². The SMILES string of the molecule is CC1CC([N+](=O)[O-])C([N+](=O)[O-])C1. The second kappa shape index (κ2) is 3.04. The molecule has 0 amide bonds. The van der Waals surface area contributed by atoms with Crippen LogP contribution in [0.25, 0.3) is 0 Å². The summed E-state index contributed by atoms with van der Waals surface area (Å²) in [6, 6.07) is -1.95. The average Bonchev–Trinajstić information content (AvgIpc) is 2.31. The minimum absolute atomic E-state index is 0.0933. The molecule has 2 unspecified atom stereocenters. The van der Waals surface area contributed by atoms with Crippen molar-refractivity contribution in [3.8, 4) is 0 Å². The van der Waals surface area contributed by atoms with E-state index in [9.17, 15) is 20.2 Å². The maximum Gasteiger partial charge on any atom is 0.279 e. The van der Waals surface area contributed by atoms with E-state index >= 15 is 0 Å². The molecule has 0 aromatic heterocycles. The molecule has 1 aliphatic carbocycles. The Balaban J connectivity index is 2.72. The third-order valence-electron chi connectivity index (χ3n) is 2.27. The highest BCUT2D eigenvalue weighted by Gasteiger charge is 2.48. The first-order valence-corrected chi connectivity index (χ1v) is 3.79. The minimum Gasteiger partial charge on any atom is -0.264 e. The lowest BCUT2D eigenvalue weighted by Gasteiger charge is -2.03. The fourth-order valence-electron chi connectivity index (χ4n) is 1.69. The summed E-state index contributed by atoms with van der Waals surface area (Å²) in [7, 11) is 0. The number of rotatable bonds is 2. The molecule has 0 heterocycles. The third-order valence-corrected chi connectivity index (χ3v) is 2.27. The third kappa shape index (κ3) is 1.51. The van der Waals surface area contributed by atoms with Gasteiger partial charge in [0.15, 0.2) is 0 Å². The Bertz CT molecular complexity index is 196. The summed E-state index contributed by atoms with van der Waals surface area (Å²) >= 11 is 0. The normalized spacial score (nSPS) is 34.9. The standard InChI is InChI=1S/C6H10N2O4/c1-4-2-5(7(9)10)6(3-4)8(11)12/h4-6H,2-3H2,1H3. The lowest BCUT2D eigenvalue weighted by Crippen LogP contribution is -2.34. The van der Waals surface area contributed by atoms with E-state index < -0.39 is 21.9 Å². The second-order valence-corrected chi connectivity index (χ2v) is 3.28. The molecule has 1 aliphatic rings. The zero-order chi connectivity index (χ0) is 9.30. The lowest BCUT2D eigenvalue weighted by molar-refractivity contribution is -0.611. The highest BCUT2D eigenvalue weighted by atomic mass is 16.6.